The Kier molecular flexibility index (Phi) is 5.33. The number of aromatic hydroxyl groups is 1. The molecule has 0 aliphatic heterocycles. The molecule has 3 nitrogen and oxygen atoms in total. The number of phenols is 1. The first kappa shape index (κ1) is 14.5. The van der Waals surface area contributed by atoms with E-state index in [1.807, 2.05) is 45.2 Å². The van der Waals surface area contributed by atoms with Gasteiger partial charge in [0.25, 0.3) is 0 Å². The van der Waals surface area contributed by atoms with E-state index in [1.54, 1.807) is 13.0 Å². The Balaban J connectivity index is 3.53. The number of ketones is 1. The highest BCUT2D eigenvalue weighted by molar-refractivity contribution is 14.1. The predicted octanol–water partition coefficient (Wildman–Crippen LogP) is 2.73. The van der Waals surface area contributed by atoms with E-state index in [4.69, 9.17) is 5.73 Å². The van der Waals surface area contributed by atoms with Gasteiger partial charge in [-0.1, -0.05) is 0 Å². The van der Waals surface area contributed by atoms with Crippen LogP contribution in [0.25, 0.3) is 0 Å². The van der Waals surface area contributed by atoms with Gasteiger partial charge in [-0.25, -0.2) is 0 Å². The molecule has 0 saturated heterocycles. The van der Waals surface area contributed by atoms with Gasteiger partial charge in [-0.15, -0.1) is 0 Å². The lowest BCUT2D eigenvalue weighted by Gasteiger charge is -2.16. The molecular formula is C10H11I2NO2S. The van der Waals surface area contributed by atoms with Gasteiger partial charge in [0.2, 0.25) is 0 Å². The summed E-state index contributed by atoms with van der Waals surface area (Å²) in [5, 5.41) is 9.81. The zero-order valence-electron chi connectivity index (χ0n) is 8.50. The normalized spacial score (nSPS) is 12.6. The summed E-state index contributed by atoms with van der Waals surface area (Å²) in [5.41, 5.74) is 7.08. The molecule has 0 radical (unpaired) electrons. The fourth-order valence-corrected chi connectivity index (χ4v) is 3.72. The number of thiol groups is 1. The molecule has 0 heterocycles. The summed E-state index contributed by atoms with van der Waals surface area (Å²) in [7, 11) is 0. The van der Waals surface area contributed by atoms with Gasteiger partial charge < -0.3 is 10.8 Å². The van der Waals surface area contributed by atoms with Crippen molar-refractivity contribution in [1.82, 2.24) is 0 Å². The summed E-state index contributed by atoms with van der Waals surface area (Å²) >= 11 is 7.98. The minimum atomic E-state index is -0.298. The van der Waals surface area contributed by atoms with Crippen LogP contribution in [0.3, 0.4) is 0 Å². The molecule has 3 N–H and O–H groups in total. The third kappa shape index (κ3) is 2.82. The standard InChI is InChI=1S/C10H11I2NO2S/c1-4(13)8-5(7(14)3-16)2-6(11)10(15)9(8)12/h2,4,15-16H,3,13H2,1H3. The second-order valence-corrected chi connectivity index (χ2v) is 5.91. The maximum absolute atomic E-state index is 11.7. The van der Waals surface area contributed by atoms with Gasteiger partial charge in [0.15, 0.2) is 5.78 Å². The van der Waals surface area contributed by atoms with Crippen molar-refractivity contribution in [2.45, 2.75) is 13.0 Å². The average molecular weight is 463 g/mol. The average Bonchev–Trinajstić information content (AvgIpc) is 2.23. The van der Waals surface area contributed by atoms with Crippen molar-refractivity contribution in [2.75, 3.05) is 5.75 Å². The number of halogens is 2. The van der Waals surface area contributed by atoms with Crippen LogP contribution in [0.5, 0.6) is 5.75 Å². The molecule has 1 aromatic rings. The van der Waals surface area contributed by atoms with E-state index in [9.17, 15) is 9.90 Å². The third-order valence-electron chi connectivity index (χ3n) is 2.13. The maximum Gasteiger partial charge on any atom is 0.172 e. The fourth-order valence-electron chi connectivity index (χ4n) is 1.38. The van der Waals surface area contributed by atoms with Crippen molar-refractivity contribution in [3.05, 3.63) is 24.3 Å². The van der Waals surface area contributed by atoms with E-state index in [2.05, 4.69) is 12.6 Å². The molecule has 0 bridgehead atoms. The quantitative estimate of drug-likeness (QED) is 0.367. The SMILES string of the molecule is CC(N)c1c(C(=O)CS)cc(I)c(O)c1I. The van der Waals surface area contributed by atoms with Crippen LogP contribution in [0.1, 0.15) is 28.9 Å². The highest BCUT2D eigenvalue weighted by atomic mass is 127. The van der Waals surface area contributed by atoms with Crippen molar-refractivity contribution in [3.63, 3.8) is 0 Å². The number of phenolic OH excluding ortho intramolecular Hbond substituents is 1. The number of carbonyl (C=O) groups is 1. The Morgan fingerprint density at radius 1 is 1.62 bits per heavy atom. The first-order chi connectivity index (χ1) is 7.40. The van der Waals surface area contributed by atoms with Crippen molar-refractivity contribution in [3.8, 4) is 5.75 Å². The molecule has 0 amide bonds. The number of rotatable bonds is 3. The Hall–Kier alpha value is 0.460. The van der Waals surface area contributed by atoms with Gasteiger partial charge in [0, 0.05) is 11.6 Å². The van der Waals surface area contributed by atoms with Gasteiger partial charge in [-0.05, 0) is 63.7 Å². The number of nitrogens with two attached hydrogens (primary N) is 1. The summed E-state index contributed by atoms with van der Waals surface area (Å²) in [4.78, 5) is 11.7. The molecule has 0 aliphatic carbocycles. The van der Waals surface area contributed by atoms with E-state index in [1.165, 1.54) is 0 Å². The minimum Gasteiger partial charge on any atom is -0.506 e. The number of Topliss-reactive ketones (excluding diaryl/α,β-unsaturated/α-hetero) is 1. The van der Waals surface area contributed by atoms with Crippen LogP contribution in [0.2, 0.25) is 0 Å². The highest BCUT2D eigenvalue weighted by Gasteiger charge is 2.20. The molecule has 1 aromatic carbocycles. The Bertz CT molecular complexity index is 435. The highest BCUT2D eigenvalue weighted by Crippen LogP contribution is 2.34. The molecule has 1 unspecified atom stereocenters. The van der Waals surface area contributed by atoms with E-state index < -0.39 is 0 Å². The molecule has 6 heteroatoms. The third-order valence-corrected chi connectivity index (χ3v) is 4.33. The van der Waals surface area contributed by atoms with Gasteiger partial charge in [-0.2, -0.15) is 12.6 Å². The number of benzene rings is 1. The van der Waals surface area contributed by atoms with Crippen LogP contribution in [-0.4, -0.2) is 16.6 Å². The van der Waals surface area contributed by atoms with Crippen molar-refractivity contribution < 1.29 is 9.90 Å². The lowest BCUT2D eigenvalue weighted by molar-refractivity contribution is 0.102. The van der Waals surface area contributed by atoms with Crippen LogP contribution >= 0.6 is 57.8 Å². The fraction of sp³-hybridized carbons (Fsp3) is 0.300. The Labute approximate surface area is 127 Å². The lowest BCUT2D eigenvalue weighted by Crippen LogP contribution is -2.15. The van der Waals surface area contributed by atoms with E-state index in [0.717, 1.165) is 0 Å². The second-order valence-electron chi connectivity index (χ2n) is 3.35. The van der Waals surface area contributed by atoms with Gasteiger partial charge in [0.05, 0.1) is 12.9 Å². The molecule has 0 spiro atoms. The molecule has 1 atom stereocenters. The lowest BCUT2D eigenvalue weighted by atomic mass is 9.99. The smallest absolute Gasteiger partial charge is 0.172 e. The van der Waals surface area contributed by atoms with Gasteiger partial charge >= 0.3 is 0 Å². The first-order valence-corrected chi connectivity index (χ1v) is 7.29. The molecule has 88 valence electrons. The maximum atomic E-state index is 11.7. The summed E-state index contributed by atoms with van der Waals surface area (Å²) < 4.78 is 1.29. The van der Waals surface area contributed by atoms with Crippen molar-refractivity contribution in [2.24, 2.45) is 5.73 Å². The topological polar surface area (TPSA) is 63.3 Å². The zero-order valence-corrected chi connectivity index (χ0v) is 13.7. The van der Waals surface area contributed by atoms with E-state index in [-0.39, 0.29) is 23.3 Å². The van der Waals surface area contributed by atoms with Crippen molar-refractivity contribution >= 4 is 63.6 Å². The van der Waals surface area contributed by atoms with Crippen LogP contribution < -0.4 is 5.73 Å². The molecule has 16 heavy (non-hydrogen) atoms. The van der Waals surface area contributed by atoms with E-state index in [0.29, 0.717) is 18.3 Å². The number of carbonyl (C=O) groups excluding carboxylic acids is 1. The largest absolute Gasteiger partial charge is 0.506 e. The molecule has 0 saturated carbocycles. The number of hydrogen-bond donors (Lipinski definition) is 3. The van der Waals surface area contributed by atoms with Crippen LogP contribution in [0.15, 0.2) is 6.07 Å². The number of hydrogen-bond acceptors (Lipinski definition) is 4. The van der Waals surface area contributed by atoms with Crippen LogP contribution in [-0.2, 0) is 0 Å². The van der Waals surface area contributed by atoms with Gasteiger partial charge in [0.1, 0.15) is 5.75 Å². The molecular weight excluding hydrogens is 452 g/mol. The minimum absolute atomic E-state index is 0.0773. The molecule has 0 aromatic heterocycles. The zero-order chi connectivity index (χ0) is 12.5. The monoisotopic (exact) mass is 463 g/mol. The molecule has 0 fully saturated rings. The Morgan fingerprint density at radius 3 is 2.62 bits per heavy atom. The summed E-state index contributed by atoms with van der Waals surface area (Å²) in [6.45, 7) is 1.79. The first-order valence-electron chi connectivity index (χ1n) is 4.50. The summed E-state index contributed by atoms with van der Waals surface area (Å²) in [6, 6.07) is 1.36. The Morgan fingerprint density at radius 2 is 2.19 bits per heavy atom. The van der Waals surface area contributed by atoms with Crippen LogP contribution in [0, 0.1) is 7.14 Å². The van der Waals surface area contributed by atoms with Crippen molar-refractivity contribution in [1.29, 1.82) is 0 Å². The second kappa shape index (κ2) is 5.87. The summed E-state index contributed by atoms with van der Waals surface area (Å²) in [6.07, 6.45) is 0. The molecule has 1 rings (SSSR count). The summed E-state index contributed by atoms with van der Waals surface area (Å²) in [5.74, 6) is 0.243. The molecule has 0 aliphatic rings. The predicted molar refractivity (Wildman–Crippen MR) is 84.3 cm³/mol. The van der Waals surface area contributed by atoms with Gasteiger partial charge in [-0.3, -0.25) is 4.79 Å². The van der Waals surface area contributed by atoms with Crippen LogP contribution in [0.4, 0.5) is 0 Å². The van der Waals surface area contributed by atoms with E-state index >= 15 is 0 Å².